The van der Waals surface area contributed by atoms with E-state index in [1.165, 1.54) is 327 Å². The number of nitrogens with one attached hydrogen (secondary N) is 1. The van der Waals surface area contributed by atoms with Crippen LogP contribution in [0.1, 0.15) is 399 Å². The SMILES string of the molecule is CCCCCCC/C=C\CCCCCCCC(=O)OCCCCCCCCCCCCCCCCCCCCCCCCCCCCCCCCCC(=O)NC(CO)C(O)/C=C/CCCCCCCCCCCCCCCC. The number of rotatable bonds is 67. The zero-order chi connectivity index (χ0) is 56.4. The summed E-state index contributed by atoms with van der Waals surface area (Å²) in [6, 6.07) is -0.624. The van der Waals surface area contributed by atoms with Crippen molar-refractivity contribution in [3.05, 3.63) is 24.3 Å². The summed E-state index contributed by atoms with van der Waals surface area (Å²) in [5, 5.41) is 23.2. The van der Waals surface area contributed by atoms with E-state index in [1.807, 2.05) is 6.08 Å². The molecule has 0 bridgehead atoms. The molecule has 78 heavy (non-hydrogen) atoms. The first-order valence-electron chi connectivity index (χ1n) is 35.6. The number of allylic oxidation sites excluding steroid dienone is 3. The van der Waals surface area contributed by atoms with Crippen LogP contribution in [0.3, 0.4) is 0 Å². The largest absolute Gasteiger partial charge is 0.466 e. The van der Waals surface area contributed by atoms with E-state index in [4.69, 9.17) is 4.74 Å². The summed E-state index contributed by atoms with van der Waals surface area (Å²) in [6.45, 7) is 4.93. The van der Waals surface area contributed by atoms with E-state index in [-0.39, 0.29) is 18.5 Å². The molecule has 3 N–H and O–H groups in total. The van der Waals surface area contributed by atoms with Crippen molar-refractivity contribution in [3.63, 3.8) is 0 Å². The average Bonchev–Trinajstić information content (AvgIpc) is 3.44. The van der Waals surface area contributed by atoms with E-state index in [0.717, 1.165) is 44.9 Å². The molecule has 0 aliphatic carbocycles. The molecule has 0 rings (SSSR count). The predicted molar refractivity (Wildman–Crippen MR) is 343 cm³/mol. The molecule has 0 aliphatic heterocycles. The van der Waals surface area contributed by atoms with Crippen molar-refractivity contribution < 1.29 is 24.5 Å². The molecule has 0 spiro atoms. The quantitative estimate of drug-likeness (QED) is 0.0320. The van der Waals surface area contributed by atoms with Crippen LogP contribution >= 0.6 is 0 Å². The van der Waals surface area contributed by atoms with E-state index in [2.05, 4.69) is 31.3 Å². The number of carbonyl (C=O) groups is 2. The molecule has 0 aromatic rings. The molecule has 0 heterocycles. The average molecular weight is 1100 g/mol. The zero-order valence-corrected chi connectivity index (χ0v) is 52.9. The molecule has 0 aliphatic rings. The van der Waals surface area contributed by atoms with Crippen LogP contribution in [0.15, 0.2) is 24.3 Å². The van der Waals surface area contributed by atoms with Crippen molar-refractivity contribution in [2.45, 2.75) is 411 Å². The summed E-state index contributed by atoms with van der Waals surface area (Å²) in [6.07, 6.45) is 85.5. The van der Waals surface area contributed by atoms with Gasteiger partial charge in [-0.15, -0.1) is 0 Å². The van der Waals surface area contributed by atoms with Gasteiger partial charge in [0.05, 0.1) is 25.4 Å². The molecule has 0 aromatic carbocycles. The minimum atomic E-state index is -0.841. The highest BCUT2D eigenvalue weighted by atomic mass is 16.5. The van der Waals surface area contributed by atoms with E-state index in [0.29, 0.717) is 19.4 Å². The Labute approximate surface area is 488 Å². The number of carbonyl (C=O) groups excluding carboxylic acids is 2. The lowest BCUT2D eigenvalue weighted by molar-refractivity contribution is -0.143. The lowest BCUT2D eigenvalue weighted by atomic mass is 10.0. The van der Waals surface area contributed by atoms with Gasteiger partial charge >= 0.3 is 5.97 Å². The van der Waals surface area contributed by atoms with Crippen molar-refractivity contribution >= 4 is 11.9 Å². The Kier molecular flexibility index (Phi) is 66.4. The standard InChI is InChI=1S/C72H139NO5/c1-3-5-7-9-11-13-15-17-19-37-40-44-48-52-56-60-64-70(75)69(68-74)73-71(76)65-61-57-53-49-45-41-38-35-33-31-29-27-25-23-21-20-22-24-26-28-30-32-34-36-39-43-47-51-55-59-63-67-78-72(77)66-62-58-54-50-46-42-18-16-14-12-10-8-6-4-2/h16,18,60,64,69-70,74-75H,3-15,17,19-59,61-63,65-68H2,1-2H3,(H,73,76)/b18-16-,64-60+. The van der Waals surface area contributed by atoms with Crippen molar-refractivity contribution in [1.82, 2.24) is 5.32 Å². The van der Waals surface area contributed by atoms with Crippen LogP contribution < -0.4 is 5.32 Å². The summed E-state index contributed by atoms with van der Waals surface area (Å²) in [5.74, 6) is -0.0485. The second kappa shape index (κ2) is 67.8. The Hall–Kier alpha value is -1.66. The van der Waals surface area contributed by atoms with Crippen LogP contribution in [0.2, 0.25) is 0 Å². The number of hydrogen-bond acceptors (Lipinski definition) is 5. The summed E-state index contributed by atoms with van der Waals surface area (Å²) in [7, 11) is 0. The number of esters is 1. The minimum Gasteiger partial charge on any atom is -0.466 e. The van der Waals surface area contributed by atoms with Gasteiger partial charge in [0.2, 0.25) is 5.91 Å². The maximum absolute atomic E-state index is 12.5. The maximum atomic E-state index is 12.5. The number of amides is 1. The van der Waals surface area contributed by atoms with Gasteiger partial charge < -0.3 is 20.3 Å². The summed E-state index contributed by atoms with van der Waals surface area (Å²) in [5.41, 5.74) is 0. The third-order valence-corrected chi connectivity index (χ3v) is 16.7. The van der Waals surface area contributed by atoms with Crippen LogP contribution in [0.25, 0.3) is 0 Å². The third-order valence-electron chi connectivity index (χ3n) is 16.7. The molecule has 2 atom stereocenters. The number of hydrogen-bond donors (Lipinski definition) is 3. The first-order valence-corrected chi connectivity index (χ1v) is 35.6. The smallest absolute Gasteiger partial charge is 0.305 e. The van der Waals surface area contributed by atoms with Gasteiger partial charge in [-0.2, -0.15) is 0 Å². The Morgan fingerprint density at radius 1 is 0.346 bits per heavy atom. The second-order valence-electron chi connectivity index (χ2n) is 24.6. The molecule has 6 heteroatoms. The van der Waals surface area contributed by atoms with Crippen LogP contribution in [0.4, 0.5) is 0 Å². The molecule has 0 fully saturated rings. The van der Waals surface area contributed by atoms with E-state index < -0.39 is 12.1 Å². The topological polar surface area (TPSA) is 95.9 Å². The normalized spacial score (nSPS) is 12.6. The number of unbranched alkanes of at least 4 members (excludes halogenated alkanes) is 54. The van der Waals surface area contributed by atoms with Gasteiger partial charge in [0, 0.05) is 12.8 Å². The highest BCUT2D eigenvalue weighted by Gasteiger charge is 2.18. The molecule has 1 amide bonds. The molecule has 2 unspecified atom stereocenters. The van der Waals surface area contributed by atoms with Crippen molar-refractivity contribution in [1.29, 1.82) is 0 Å². The van der Waals surface area contributed by atoms with Crippen LogP contribution in [-0.2, 0) is 14.3 Å². The molecular weight excluding hydrogens is 959 g/mol. The van der Waals surface area contributed by atoms with Gasteiger partial charge in [-0.05, 0) is 57.8 Å². The van der Waals surface area contributed by atoms with Crippen LogP contribution in [0.5, 0.6) is 0 Å². The monoisotopic (exact) mass is 1100 g/mol. The molecule has 0 radical (unpaired) electrons. The van der Waals surface area contributed by atoms with Crippen molar-refractivity contribution in [3.8, 4) is 0 Å². The molecule has 0 aromatic heterocycles. The van der Waals surface area contributed by atoms with Gasteiger partial charge in [-0.25, -0.2) is 0 Å². The van der Waals surface area contributed by atoms with Gasteiger partial charge in [-0.3, -0.25) is 9.59 Å². The summed E-state index contributed by atoms with van der Waals surface area (Å²) >= 11 is 0. The first kappa shape index (κ1) is 76.3. The van der Waals surface area contributed by atoms with Gasteiger partial charge in [-0.1, -0.05) is 353 Å². The van der Waals surface area contributed by atoms with Crippen LogP contribution in [0, 0.1) is 0 Å². The van der Waals surface area contributed by atoms with Gasteiger partial charge in [0.15, 0.2) is 0 Å². The molecule has 0 saturated carbocycles. The Balaban J connectivity index is 3.34. The van der Waals surface area contributed by atoms with Crippen molar-refractivity contribution in [2.75, 3.05) is 13.2 Å². The predicted octanol–water partition coefficient (Wildman–Crippen LogP) is 22.9. The highest BCUT2D eigenvalue weighted by molar-refractivity contribution is 5.76. The van der Waals surface area contributed by atoms with E-state index in [1.54, 1.807) is 6.08 Å². The van der Waals surface area contributed by atoms with E-state index in [9.17, 15) is 19.8 Å². The lowest BCUT2D eigenvalue weighted by Gasteiger charge is -2.20. The Morgan fingerprint density at radius 2 is 0.603 bits per heavy atom. The van der Waals surface area contributed by atoms with Crippen LogP contribution in [-0.4, -0.2) is 47.4 Å². The minimum absolute atomic E-state index is 0.0124. The summed E-state index contributed by atoms with van der Waals surface area (Å²) < 4.78 is 5.49. The Morgan fingerprint density at radius 3 is 0.910 bits per heavy atom. The fraction of sp³-hybridized carbons (Fsp3) is 0.917. The second-order valence-corrected chi connectivity index (χ2v) is 24.6. The molecule has 0 saturated heterocycles. The molecular formula is C72H139NO5. The van der Waals surface area contributed by atoms with Gasteiger partial charge in [0.25, 0.3) is 0 Å². The molecule has 462 valence electrons. The van der Waals surface area contributed by atoms with E-state index >= 15 is 0 Å². The number of aliphatic hydroxyl groups excluding tert-OH is 2. The van der Waals surface area contributed by atoms with Crippen molar-refractivity contribution in [2.24, 2.45) is 0 Å². The fourth-order valence-corrected chi connectivity index (χ4v) is 11.3. The number of ether oxygens (including phenoxy) is 1. The van der Waals surface area contributed by atoms with Gasteiger partial charge in [0.1, 0.15) is 0 Å². The third kappa shape index (κ3) is 63.5. The maximum Gasteiger partial charge on any atom is 0.305 e. The highest BCUT2D eigenvalue weighted by Crippen LogP contribution is 2.19. The first-order chi connectivity index (χ1) is 38.5. The number of aliphatic hydroxyl groups is 2. The zero-order valence-electron chi connectivity index (χ0n) is 52.9. The molecule has 6 nitrogen and oxygen atoms in total. The fourth-order valence-electron chi connectivity index (χ4n) is 11.3. The lowest BCUT2D eigenvalue weighted by Crippen LogP contribution is -2.45. The summed E-state index contributed by atoms with van der Waals surface area (Å²) in [4.78, 5) is 24.6. The Bertz CT molecular complexity index is 1220.